The van der Waals surface area contributed by atoms with Gasteiger partial charge in [-0.2, -0.15) is 4.98 Å². The van der Waals surface area contributed by atoms with Crippen LogP contribution in [0.3, 0.4) is 0 Å². The van der Waals surface area contributed by atoms with Gasteiger partial charge < -0.3 is 14.2 Å². The molecule has 2 aliphatic heterocycles. The highest BCUT2D eigenvalue weighted by molar-refractivity contribution is 7.13. The third-order valence-electron chi connectivity index (χ3n) is 4.52. The van der Waals surface area contributed by atoms with Gasteiger partial charge in [-0.1, -0.05) is 5.16 Å². The summed E-state index contributed by atoms with van der Waals surface area (Å²) in [7, 11) is 0. The Balaban J connectivity index is 1.35. The largest absolute Gasteiger partial charge is 0.372 e. The van der Waals surface area contributed by atoms with Gasteiger partial charge in [-0.05, 0) is 32.4 Å². The van der Waals surface area contributed by atoms with E-state index in [0.29, 0.717) is 30.6 Å². The molecule has 0 unspecified atom stereocenters. The van der Waals surface area contributed by atoms with Crippen LogP contribution >= 0.6 is 11.3 Å². The van der Waals surface area contributed by atoms with Gasteiger partial charge in [0.1, 0.15) is 0 Å². The van der Waals surface area contributed by atoms with Gasteiger partial charge in [0.2, 0.25) is 5.89 Å². The van der Waals surface area contributed by atoms with Crippen molar-refractivity contribution < 1.29 is 14.1 Å². The second-order valence-electron chi connectivity index (χ2n) is 6.35. The van der Waals surface area contributed by atoms with Crippen LogP contribution in [0.2, 0.25) is 0 Å². The minimum absolute atomic E-state index is 0.117. The number of nitrogens with zero attached hydrogens (tertiary/aromatic N) is 3. The minimum atomic E-state index is 0.117. The number of fused-ring (bicyclic) bond motifs is 1. The number of hydrogen-bond donors (Lipinski definition) is 0. The second kappa shape index (κ2) is 5.72. The summed E-state index contributed by atoms with van der Waals surface area (Å²) in [5.74, 6) is 1.83. The Morgan fingerprint density at radius 1 is 1.39 bits per heavy atom. The van der Waals surface area contributed by atoms with Gasteiger partial charge in [0.25, 0.3) is 5.91 Å². The summed E-state index contributed by atoms with van der Waals surface area (Å²) in [5, 5.41) is 3.81. The Hall–Kier alpha value is -1.73. The number of rotatable bonds is 3. The fraction of sp³-hybridized carbons (Fsp3) is 0.562. The van der Waals surface area contributed by atoms with E-state index in [-0.39, 0.29) is 18.1 Å². The van der Waals surface area contributed by atoms with E-state index in [9.17, 15) is 4.79 Å². The first-order valence-corrected chi connectivity index (χ1v) is 8.70. The van der Waals surface area contributed by atoms with E-state index < -0.39 is 0 Å². The topological polar surface area (TPSA) is 68.5 Å². The molecule has 2 fully saturated rings. The minimum Gasteiger partial charge on any atom is -0.372 e. The predicted molar refractivity (Wildman–Crippen MR) is 84.5 cm³/mol. The molecule has 7 heteroatoms. The average molecular weight is 333 g/mol. The van der Waals surface area contributed by atoms with Crippen molar-refractivity contribution in [3.63, 3.8) is 0 Å². The summed E-state index contributed by atoms with van der Waals surface area (Å²) in [4.78, 5) is 20.7. The van der Waals surface area contributed by atoms with Crippen LogP contribution in [0.15, 0.2) is 16.7 Å². The third kappa shape index (κ3) is 2.90. The molecule has 2 aromatic heterocycles. The maximum absolute atomic E-state index is 12.5. The Morgan fingerprint density at radius 2 is 2.26 bits per heavy atom. The standard InChI is InChI=1S/C16H19N3O3S/c1-9-3-4-14(23-9)16(20)19-7-11-5-12(21-13(11)8-19)6-15-17-10(2)18-22-15/h3-4,11-13H,5-8H2,1-2H3/t11-,12-,13+/m0/s1. The quantitative estimate of drug-likeness (QED) is 0.861. The number of aromatic nitrogens is 2. The summed E-state index contributed by atoms with van der Waals surface area (Å²) in [5.41, 5.74) is 0. The van der Waals surface area contributed by atoms with Crippen LogP contribution in [0.4, 0.5) is 0 Å². The van der Waals surface area contributed by atoms with Crippen molar-refractivity contribution in [3.05, 3.63) is 33.6 Å². The van der Waals surface area contributed by atoms with Gasteiger partial charge >= 0.3 is 0 Å². The van der Waals surface area contributed by atoms with Crippen molar-refractivity contribution in [3.8, 4) is 0 Å². The summed E-state index contributed by atoms with van der Waals surface area (Å²) >= 11 is 1.56. The van der Waals surface area contributed by atoms with E-state index in [1.165, 1.54) is 4.88 Å². The molecular weight excluding hydrogens is 314 g/mol. The molecule has 1 amide bonds. The lowest BCUT2D eigenvalue weighted by Gasteiger charge is -2.18. The molecule has 0 radical (unpaired) electrons. The maximum Gasteiger partial charge on any atom is 0.264 e. The molecule has 0 N–H and O–H groups in total. The molecule has 0 bridgehead atoms. The van der Waals surface area contributed by atoms with Crippen molar-refractivity contribution in [2.24, 2.45) is 5.92 Å². The number of likely N-dealkylation sites (tertiary alicyclic amines) is 1. The number of thiophene rings is 1. The zero-order chi connectivity index (χ0) is 16.0. The van der Waals surface area contributed by atoms with Crippen LogP contribution in [-0.2, 0) is 11.2 Å². The highest BCUT2D eigenvalue weighted by Crippen LogP contribution is 2.35. The van der Waals surface area contributed by atoms with Crippen LogP contribution in [0, 0.1) is 19.8 Å². The third-order valence-corrected chi connectivity index (χ3v) is 5.51. The van der Waals surface area contributed by atoms with Gasteiger partial charge in [-0.3, -0.25) is 4.79 Å². The van der Waals surface area contributed by atoms with E-state index in [2.05, 4.69) is 10.1 Å². The van der Waals surface area contributed by atoms with Crippen molar-refractivity contribution >= 4 is 17.2 Å². The summed E-state index contributed by atoms with van der Waals surface area (Å²) < 4.78 is 11.3. The van der Waals surface area contributed by atoms with E-state index in [1.54, 1.807) is 11.3 Å². The predicted octanol–water partition coefficient (Wildman–Crippen LogP) is 2.22. The van der Waals surface area contributed by atoms with Crippen LogP contribution in [0.5, 0.6) is 0 Å². The van der Waals surface area contributed by atoms with Crippen LogP contribution in [-0.4, -0.2) is 46.2 Å². The lowest BCUT2D eigenvalue weighted by atomic mass is 10.0. The zero-order valence-electron chi connectivity index (χ0n) is 13.2. The molecule has 122 valence electrons. The van der Waals surface area contributed by atoms with Gasteiger partial charge in [-0.25, -0.2) is 0 Å². The molecule has 2 aromatic rings. The Bertz CT molecular complexity index is 712. The van der Waals surface area contributed by atoms with E-state index in [1.807, 2.05) is 30.9 Å². The van der Waals surface area contributed by atoms with Gasteiger partial charge in [0, 0.05) is 23.9 Å². The van der Waals surface area contributed by atoms with Gasteiger partial charge in [0.15, 0.2) is 5.82 Å². The summed E-state index contributed by atoms with van der Waals surface area (Å²) in [6, 6.07) is 3.91. The number of ether oxygens (including phenoxy) is 1. The monoisotopic (exact) mass is 333 g/mol. The highest BCUT2D eigenvalue weighted by Gasteiger charge is 2.44. The number of carbonyl (C=O) groups excluding carboxylic acids is 1. The van der Waals surface area contributed by atoms with Crippen molar-refractivity contribution in [1.29, 1.82) is 0 Å². The second-order valence-corrected chi connectivity index (χ2v) is 7.64. The lowest BCUT2D eigenvalue weighted by molar-refractivity contribution is 0.0331. The van der Waals surface area contributed by atoms with Crippen molar-refractivity contribution in [2.45, 2.75) is 38.9 Å². The van der Waals surface area contributed by atoms with Crippen molar-refractivity contribution in [1.82, 2.24) is 15.0 Å². The number of amides is 1. The summed E-state index contributed by atoms with van der Waals surface area (Å²) in [6.07, 6.45) is 1.85. The Kier molecular flexibility index (Phi) is 3.69. The summed E-state index contributed by atoms with van der Waals surface area (Å²) in [6.45, 7) is 5.29. The van der Waals surface area contributed by atoms with Gasteiger partial charge in [0.05, 0.1) is 23.5 Å². The van der Waals surface area contributed by atoms with E-state index >= 15 is 0 Å². The molecule has 0 aliphatic carbocycles. The van der Waals surface area contributed by atoms with Crippen LogP contribution in [0.25, 0.3) is 0 Å². The fourth-order valence-electron chi connectivity index (χ4n) is 3.48. The van der Waals surface area contributed by atoms with Crippen LogP contribution in [0.1, 0.15) is 32.7 Å². The molecular formula is C16H19N3O3S. The molecule has 4 rings (SSSR count). The first-order chi connectivity index (χ1) is 11.1. The molecule has 3 atom stereocenters. The Labute approximate surface area is 138 Å². The molecule has 0 saturated carbocycles. The maximum atomic E-state index is 12.5. The highest BCUT2D eigenvalue weighted by atomic mass is 32.1. The normalized spacial score (nSPS) is 26.7. The number of aryl methyl sites for hydroxylation is 2. The molecule has 0 aromatic carbocycles. The van der Waals surface area contributed by atoms with E-state index in [4.69, 9.17) is 9.26 Å². The average Bonchev–Trinajstić information content (AvgIpc) is 3.23. The first kappa shape index (κ1) is 14.8. The Morgan fingerprint density at radius 3 is 2.91 bits per heavy atom. The molecule has 2 aliphatic rings. The fourth-order valence-corrected chi connectivity index (χ4v) is 4.32. The first-order valence-electron chi connectivity index (χ1n) is 7.89. The molecule has 4 heterocycles. The molecule has 6 nitrogen and oxygen atoms in total. The zero-order valence-corrected chi connectivity index (χ0v) is 14.0. The van der Waals surface area contributed by atoms with Gasteiger partial charge in [-0.15, -0.1) is 11.3 Å². The molecule has 23 heavy (non-hydrogen) atoms. The number of hydrogen-bond acceptors (Lipinski definition) is 6. The SMILES string of the molecule is Cc1noc(C[C@@H]2C[C@H]3CN(C(=O)c4ccc(C)s4)C[C@H]3O2)n1. The smallest absolute Gasteiger partial charge is 0.264 e. The molecule has 0 spiro atoms. The molecule has 2 saturated heterocycles. The number of carbonyl (C=O) groups is 1. The lowest BCUT2D eigenvalue weighted by Crippen LogP contribution is -2.31. The van der Waals surface area contributed by atoms with Crippen molar-refractivity contribution in [2.75, 3.05) is 13.1 Å². The van der Waals surface area contributed by atoms with Crippen LogP contribution < -0.4 is 0 Å². The van der Waals surface area contributed by atoms with E-state index in [0.717, 1.165) is 17.8 Å².